The number of amides is 2. The van der Waals surface area contributed by atoms with E-state index in [1.165, 1.54) is 19.2 Å². The maximum absolute atomic E-state index is 12.9. The van der Waals surface area contributed by atoms with Crippen molar-refractivity contribution < 1.29 is 24.2 Å². The van der Waals surface area contributed by atoms with E-state index in [9.17, 15) is 14.7 Å². The number of nitrogens with one attached hydrogen (secondary N) is 2. The van der Waals surface area contributed by atoms with Crippen molar-refractivity contribution in [2.45, 2.75) is 24.7 Å². The van der Waals surface area contributed by atoms with Crippen LogP contribution in [0.15, 0.2) is 42.5 Å². The predicted molar refractivity (Wildman–Crippen MR) is 130 cm³/mol. The lowest BCUT2D eigenvalue weighted by Crippen LogP contribution is -2.55. The third-order valence-corrected chi connectivity index (χ3v) is 6.24. The summed E-state index contributed by atoms with van der Waals surface area (Å²) in [5.74, 6) is -0.409. The lowest BCUT2D eigenvalue weighted by Gasteiger charge is -2.38. The number of carbonyl (C=O) groups excluding carboxylic acids is 2. The Bertz CT molecular complexity index is 991. The number of hydrogen-bond acceptors (Lipinski definition) is 7. The minimum Gasteiger partial charge on any atom is -0.496 e. The highest BCUT2D eigenvalue weighted by Crippen LogP contribution is 2.29. The summed E-state index contributed by atoms with van der Waals surface area (Å²) in [6, 6.07) is 11.6. The van der Waals surface area contributed by atoms with Gasteiger partial charge in [-0.15, -0.1) is 0 Å². The van der Waals surface area contributed by atoms with Crippen LogP contribution in [-0.4, -0.2) is 74.4 Å². The molecule has 5 N–H and O–H groups in total. The summed E-state index contributed by atoms with van der Waals surface area (Å²) in [6.45, 7) is 2.27. The molecule has 0 aliphatic carbocycles. The van der Waals surface area contributed by atoms with Crippen LogP contribution in [0.5, 0.6) is 5.75 Å². The highest BCUT2D eigenvalue weighted by atomic mass is 35.5. The quantitative estimate of drug-likeness (QED) is 0.393. The standard InChI is InChI=1S/C24H31ClN4O5/c1-33-20-13-18(26)17(25)12-16(20)23(31)28-19-8-10-29(14-21(19)34-2)11-9-27-24(32)22(30)15-6-4-3-5-7-15/h3-7,12-13,19,21-22,30H,8-11,14,26H2,1-2H3,(H,27,32)(H,28,31)/t19-,21+,22?/m0/s1. The summed E-state index contributed by atoms with van der Waals surface area (Å²) in [6.07, 6.45) is -0.776. The third kappa shape index (κ3) is 6.38. The Hall–Kier alpha value is -2.85. The van der Waals surface area contributed by atoms with Crippen molar-refractivity contribution in [2.24, 2.45) is 0 Å². The van der Waals surface area contributed by atoms with E-state index in [0.717, 1.165) is 0 Å². The van der Waals surface area contributed by atoms with Gasteiger partial charge in [-0.05, 0) is 18.1 Å². The molecule has 2 amide bonds. The molecule has 10 heteroatoms. The molecule has 0 aromatic heterocycles. The second kappa shape index (κ2) is 12.0. The molecule has 184 valence electrons. The van der Waals surface area contributed by atoms with Crippen molar-refractivity contribution in [1.82, 2.24) is 15.5 Å². The molecule has 0 radical (unpaired) electrons. The molecular formula is C24H31ClN4O5. The zero-order valence-corrected chi connectivity index (χ0v) is 20.0. The maximum Gasteiger partial charge on any atom is 0.255 e. The van der Waals surface area contributed by atoms with Crippen LogP contribution in [0.2, 0.25) is 5.02 Å². The molecule has 1 aliphatic heterocycles. The molecule has 9 nitrogen and oxygen atoms in total. The highest BCUT2D eigenvalue weighted by Gasteiger charge is 2.31. The fourth-order valence-electron chi connectivity index (χ4n) is 3.97. The van der Waals surface area contributed by atoms with Gasteiger partial charge in [0.05, 0.1) is 35.5 Å². The van der Waals surface area contributed by atoms with E-state index in [4.69, 9.17) is 26.8 Å². The molecule has 0 saturated carbocycles. The van der Waals surface area contributed by atoms with Gasteiger partial charge >= 0.3 is 0 Å². The number of hydrogen-bond donors (Lipinski definition) is 4. The van der Waals surface area contributed by atoms with Gasteiger partial charge in [-0.1, -0.05) is 41.9 Å². The van der Waals surface area contributed by atoms with Gasteiger partial charge < -0.3 is 30.9 Å². The average molecular weight is 491 g/mol. The number of carbonyl (C=O) groups is 2. The lowest BCUT2D eigenvalue weighted by molar-refractivity contribution is -0.129. The second-order valence-electron chi connectivity index (χ2n) is 8.12. The van der Waals surface area contributed by atoms with Crippen molar-refractivity contribution in [3.8, 4) is 5.75 Å². The van der Waals surface area contributed by atoms with E-state index in [1.54, 1.807) is 31.4 Å². The van der Waals surface area contributed by atoms with Crippen LogP contribution in [0, 0.1) is 0 Å². The fraction of sp³-hybridized carbons (Fsp3) is 0.417. The number of methoxy groups -OCH3 is 2. The number of piperidine rings is 1. The molecule has 2 aromatic rings. The molecule has 1 heterocycles. The Morgan fingerprint density at radius 3 is 2.68 bits per heavy atom. The number of aliphatic hydroxyl groups is 1. The van der Waals surface area contributed by atoms with Crippen LogP contribution in [0.1, 0.15) is 28.4 Å². The topological polar surface area (TPSA) is 126 Å². The van der Waals surface area contributed by atoms with Gasteiger partial charge in [-0.25, -0.2) is 0 Å². The van der Waals surface area contributed by atoms with E-state index in [2.05, 4.69) is 15.5 Å². The number of anilines is 1. The summed E-state index contributed by atoms with van der Waals surface area (Å²) in [4.78, 5) is 27.3. The minimum absolute atomic E-state index is 0.204. The first-order valence-electron chi connectivity index (χ1n) is 11.0. The molecule has 3 atom stereocenters. The average Bonchev–Trinajstić information content (AvgIpc) is 2.85. The molecule has 34 heavy (non-hydrogen) atoms. The largest absolute Gasteiger partial charge is 0.496 e. The zero-order valence-electron chi connectivity index (χ0n) is 19.3. The van der Waals surface area contributed by atoms with Gasteiger partial charge in [0.2, 0.25) is 0 Å². The summed E-state index contributed by atoms with van der Waals surface area (Å²) in [5, 5.41) is 16.2. The molecule has 3 rings (SSSR count). The van der Waals surface area contributed by atoms with Crippen LogP contribution in [0.25, 0.3) is 0 Å². The van der Waals surface area contributed by atoms with Crippen molar-refractivity contribution in [2.75, 3.05) is 46.1 Å². The van der Waals surface area contributed by atoms with Crippen LogP contribution in [0.4, 0.5) is 5.69 Å². The first-order chi connectivity index (χ1) is 16.3. The third-order valence-electron chi connectivity index (χ3n) is 5.92. The molecular weight excluding hydrogens is 460 g/mol. The van der Waals surface area contributed by atoms with E-state index in [1.807, 2.05) is 6.07 Å². The van der Waals surface area contributed by atoms with Crippen molar-refractivity contribution in [1.29, 1.82) is 0 Å². The normalized spacial score (nSPS) is 19.3. The van der Waals surface area contributed by atoms with Crippen molar-refractivity contribution >= 4 is 29.1 Å². The van der Waals surface area contributed by atoms with Gasteiger partial charge in [-0.3, -0.25) is 14.5 Å². The van der Waals surface area contributed by atoms with Gasteiger partial charge in [0.15, 0.2) is 6.10 Å². The Morgan fingerprint density at radius 1 is 1.26 bits per heavy atom. The molecule has 1 unspecified atom stereocenters. The van der Waals surface area contributed by atoms with E-state index in [0.29, 0.717) is 55.2 Å². The number of rotatable bonds is 9. The maximum atomic E-state index is 12.9. The predicted octanol–water partition coefficient (Wildman–Crippen LogP) is 1.60. The molecule has 1 saturated heterocycles. The van der Waals surface area contributed by atoms with E-state index in [-0.39, 0.29) is 23.1 Å². The van der Waals surface area contributed by atoms with Gasteiger partial charge in [0, 0.05) is 39.4 Å². The Morgan fingerprint density at radius 2 is 2.00 bits per heavy atom. The number of halogens is 1. The lowest BCUT2D eigenvalue weighted by atomic mass is 10.0. The summed E-state index contributed by atoms with van der Waals surface area (Å²) in [5.41, 5.74) is 6.99. The number of aliphatic hydroxyl groups excluding tert-OH is 1. The number of nitrogens with two attached hydrogens (primary N) is 1. The number of nitrogen functional groups attached to an aromatic ring is 1. The first-order valence-corrected chi connectivity index (χ1v) is 11.4. The minimum atomic E-state index is -1.20. The fourth-order valence-corrected chi connectivity index (χ4v) is 4.13. The molecule has 0 bridgehead atoms. The highest BCUT2D eigenvalue weighted by molar-refractivity contribution is 6.33. The second-order valence-corrected chi connectivity index (χ2v) is 8.53. The SMILES string of the molecule is COc1cc(N)c(Cl)cc1C(=O)N[C@H]1CCN(CCNC(=O)C(O)c2ccccc2)C[C@H]1OC. The van der Waals surface area contributed by atoms with E-state index >= 15 is 0 Å². The summed E-state index contributed by atoms with van der Waals surface area (Å²) >= 11 is 6.09. The van der Waals surface area contributed by atoms with Crippen molar-refractivity contribution in [3.63, 3.8) is 0 Å². The Kier molecular flexibility index (Phi) is 9.12. The van der Waals surface area contributed by atoms with Gasteiger partial charge in [0.1, 0.15) is 5.75 Å². The monoisotopic (exact) mass is 490 g/mol. The molecule has 1 fully saturated rings. The number of benzene rings is 2. The smallest absolute Gasteiger partial charge is 0.255 e. The number of ether oxygens (including phenoxy) is 2. The zero-order chi connectivity index (χ0) is 24.7. The molecule has 2 aromatic carbocycles. The first kappa shape index (κ1) is 25.8. The summed E-state index contributed by atoms with van der Waals surface area (Å²) < 4.78 is 10.9. The van der Waals surface area contributed by atoms with Gasteiger partial charge in [-0.2, -0.15) is 0 Å². The van der Waals surface area contributed by atoms with E-state index < -0.39 is 12.0 Å². The van der Waals surface area contributed by atoms with Gasteiger partial charge in [0.25, 0.3) is 11.8 Å². The van der Waals surface area contributed by atoms with Crippen LogP contribution in [-0.2, 0) is 9.53 Å². The Labute approximate surface area is 204 Å². The summed E-state index contributed by atoms with van der Waals surface area (Å²) in [7, 11) is 3.07. The van der Waals surface area contributed by atoms with Crippen LogP contribution in [0.3, 0.4) is 0 Å². The number of likely N-dealkylation sites (tertiary alicyclic amines) is 1. The van der Waals surface area contributed by atoms with Crippen LogP contribution >= 0.6 is 11.6 Å². The number of nitrogens with zero attached hydrogens (tertiary/aromatic N) is 1. The molecule has 0 spiro atoms. The van der Waals surface area contributed by atoms with Crippen LogP contribution < -0.4 is 21.1 Å². The molecule has 1 aliphatic rings. The van der Waals surface area contributed by atoms with Crippen molar-refractivity contribution in [3.05, 3.63) is 58.6 Å². The Balaban J connectivity index is 1.50.